The lowest BCUT2D eigenvalue weighted by Gasteiger charge is -2.33. The molecule has 4 rings (SSSR count). The quantitative estimate of drug-likeness (QED) is 0.343. The molecule has 3 aromatic rings. The van der Waals surface area contributed by atoms with E-state index in [1.165, 1.54) is 17.4 Å². The van der Waals surface area contributed by atoms with Gasteiger partial charge in [-0.25, -0.2) is 0 Å². The van der Waals surface area contributed by atoms with E-state index in [2.05, 4.69) is 22.9 Å². The Morgan fingerprint density at radius 2 is 2.15 bits per heavy atom. The monoisotopic (exact) mass is 476 g/mol. The van der Waals surface area contributed by atoms with Crippen molar-refractivity contribution >= 4 is 40.1 Å². The highest BCUT2D eigenvalue weighted by atomic mass is 35.5. The largest absolute Gasteiger partial charge is 0.386 e. The van der Waals surface area contributed by atoms with Gasteiger partial charge >= 0.3 is 0 Å². The Hall–Kier alpha value is -3.22. The molecule has 1 amide bonds. The van der Waals surface area contributed by atoms with Gasteiger partial charge in [-0.3, -0.25) is 9.78 Å². The van der Waals surface area contributed by atoms with E-state index in [4.69, 9.17) is 17.0 Å². The van der Waals surface area contributed by atoms with Gasteiger partial charge in [0.2, 0.25) is 5.91 Å². The number of pyridine rings is 1. The lowest BCUT2D eigenvalue weighted by Crippen LogP contribution is -2.37. The van der Waals surface area contributed by atoms with Crippen LogP contribution in [-0.2, 0) is 17.9 Å². The number of allylic oxidation sites excluding steroid dienone is 1. The van der Waals surface area contributed by atoms with Crippen LogP contribution in [0, 0.1) is 5.41 Å². The zero-order chi connectivity index (χ0) is 23.4. The standard InChI is InChI=1S/C26H25ClN4OS/c1-3-26(32)31-15-23(21-11-25(27)33-24(21)16-31)20-9-5-4-8-19(20)22(17(2)28)14-30-13-18-7-6-10-29-12-18/h3-12,14,23,28,30H,1,13,15-16H2,2H3/b22-14+,28-17?/t23-/m0/s1. The Labute approximate surface area is 202 Å². The topological polar surface area (TPSA) is 69.1 Å². The molecular weight excluding hydrogens is 452 g/mol. The number of hydrogen-bond donors (Lipinski definition) is 2. The lowest BCUT2D eigenvalue weighted by atomic mass is 9.83. The molecule has 0 fully saturated rings. The molecule has 0 saturated carbocycles. The van der Waals surface area contributed by atoms with Gasteiger partial charge in [0.15, 0.2) is 0 Å². The molecule has 1 aliphatic rings. The molecule has 0 saturated heterocycles. The van der Waals surface area contributed by atoms with Crippen LogP contribution in [0.1, 0.15) is 40.0 Å². The van der Waals surface area contributed by atoms with Crippen LogP contribution in [0.4, 0.5) is 0 Å². The summed E-state index contributed by atoms with van der Waals surface area (Å²) in [6, 6.07) is 14.0. The van der Waals surface area contributed by atoms with Crippen molar-refractivity contribution in [1.82, 2.24) is 15.2 Å². The number of fused-ring (bicyclic) bond motifs is 1. The van der Waals surface area contributed by atoms with Crippen LogP contribution in [0.5, 0.6) is 0 Å². The summed E-state index contributed by atoms with van der Waals surface area (Å²) in [5, 5.41) is 11.8. The second-order valence-corrected chi connectivity index (χ2v) is 9.68. The van der Waals surface area contributed by atoms with Gasteiger partial charge in [-0.05, 0) is 47.4 Å². The predicted molar refractivity (Wildman–Crippen MR) is 136 cm³/mol. The summed E-state index contributed by atoms with van der Waals surface area (Å²) < 4.78 is 0.715. The Bertz CT molecular complexity index is 1220. The average Bonchev–Trinajstić information content (AvgIpc) is 3.21. The van der Waals surface area contributed by atoms with Crippen LogP contribution in [0.2, 0.25) is 4.34 Å². The van der Waals surface area contributed by atoms with Gasteiger partial charge in [-0.15, -0.1) is 11.3 Å². The molecule has 7 heteroatoms. The predicted octanol–water partition coefficient (Wildman–Crippen LogP) is 5.63. The van der Waals surface area contributed by atoms with Gasteiger partial charge in [0.25, 0.3) is 0 Å². The molecule has 0 spiro atoms. The minimum atomic E-state index is -0.0928. The van der Waals surface area contributed by atoms with Crippen LogP contribution in [0.3, 0.4) is 0 Å². The molecule has 33 heavy (non-hydrogen) atoms. The molecule has 3 heterocycles. The van der Waals surface area contributed by atoms with Gasteiger partial charge in [-0.1, -0.05) is 48.5 Å². The maximum atomic E-state index is 12.5. The van der Waals surface area contributed by atoms with E-state index in [1.54, 1.807) is 13.1 Å². The minimum Gasteiger partial charge on any atom is -0.386 e. The summed E-state index contributed by atoms with van der Waals surface area (Å²) in [5.74, 6) is -0.136. The fourth-order valence-corrected chi connectivity index (χ4v) is 5.51. The second-order valence-electron chi connectivity index (χ2n) is 7.92. The van der Waals surface area contributed by atoms with Gasteiger partial charge in [0.1, 0.15) is 0 Å². The van der Waals surface area contributed by atoms with Gasteiger partial charge < -0.3 is 15.6 Å². The normalized spacial score (nSPS) is 15.6. The zero-order valence-corrected chi connectivity index (χ0v) is 19.9. The highest BCUT2D eigenvalue weighted by molar-refractivity contribution is 7.16. The number of thiophene rings is 1. The molecule has 0 radical (unpaired) electrons. The summed E-state index contributed by atoms with van der Waals surface area (Å²) in [6.45, 7) is 7.13. The summed E-state index contributed by atoms with van der Waals surface area (Å²) in [6.07, 6.45) is 6.82. The molecule has 0 bridgehead atoms. The summed E-state index contributed by atoms with van der Waals surface area (Å²) in [7, 11) is 0. The van der Waals surface area contributed by atoms with Crippen LogP contribution >= 0.6 is 22.9 Å². The third kappa shape index (κ3) is 5.07. The van der Waals surface area contributed by atoms with Crippen molar-refractivity contribution in [2.24, 2.45) is 0 Å². The average molecular weight is 477 g/mol. The van der Waals surface area contributed by atoms with E-state index in [9.17, 15) is 4.79 Å². The zero-order valence-electron chi connectivity index (χ0n) is 18.3. The maximum absolute atomic E-state index is 12.5. The molecule has 1 aliphatic heterocycles. The van der Waals surface area contributed by atoms with Crippen molar-refractivity contribution in [3.63, 3.8) is 0 Å². The van der Waals surface area contributed by atoms with E-state index in [1.807, 2.05) is 53.7 Å². The smallest absolute Gasteiger partial charge is 0.246 e. The first-order valence-corrected chi connectivity index (χ1v) is 11.8. The first kappa shape index (κ1) is 23.0. The highest BCUT2D eigenvalue weighted by Gasteiger charge is 2.32. The lowest BCUT2D eigenvalue weighted by molar-refractivity contribution is -0.127. The molecular formula is C26H25ClN4OS. The molecule has 0 unspecified atom stereocenters. The number of benzene rings is 1. The third-order valence-electron chi connectivity index (χ3n) is 5.72. The highest BCUT2D eigenvalue weighted by Crippen LogP contribution is 2.42. The number of nitrogens with zero attached hydrogens (tertiary/aromatic N) is 2. The number of rotatable bonds is 7. The third-order valence-corrected chi connectivity index (χ3v) is 6.98. The fraction of sp³-hybridized carbons (Fsp3) is 0.192. The van der Waals surface area contributed by atoms with E-state index in [0.717, 1.165) is 32.7 Å². The maximum Gasteiger partial charge on any atom is 0.246 e. The van der Waals surface area contributed by atoms with Crippen molar-refractivity contribution in [2.75, 3.05) is 6.54 Å². The minimum absolute atomic E-state index is 0.0429. The van der Waals surface area contributed by atoms with Gasteiger partial charge in [0, 0.05) is 53.8 Å². The second kappa shape index (κ2) is 10.1. The molecule has 1 atom stereocenters. The molecule has 168 valence electrons. The molecule has 2 N–H and O–H groups in total. The van der Waals surface area contributed by atoms with Crippen LogP contribution in [0.25, 0.3) is 5.57 Å². The number of aromatic nitrogens is 1. The summed E-state index contributed by atoms with van der Waals surface area (Å²) in [4.78, 5) is 19.5. The van der Waals surface area contributed by atoms with Crippen molar-refractivity contribution in [3.05, 3.63) is 105 Å². The molecule has 5 nitrogen and oxygen atoms in total. The SMILES string of the molecule is C=CC(=O)N1Cc2sc(Cl)cc2[C@H](c2ccccc2/C(=C/NCc2cccnc2)C(C)=N)C1. The molecule has 0 aliphatic carbocycles. The van der Waals surface area contributed by atoms with Gasteiger partial charge in [0.05, 0.1) is 10.9 Å². The number of amides is 1. The number of carbonyl (C=O) groups is 1. The van der Waals surface area contributed by atoms with E-state index in [-0.39, 0.29) is 11.8 Å². The number of nitrogens with one attached hydrogen (secondary N) is 2. The van der Waals surface area contributed by atoms with Crippen molar-refractivity contribution in [1.29, 1.82) is 5.41 Å². The Morgan fingerprint density at radius 3 is 2.88 bits per heavy atom. The number of carbonyl (C=O) groups excluding carboxylic acids is 1. The number of halogens is 1. The Balaban J connectivity index is 1.72. The first-order valence-electron chi connectivity index (χ1n) is 10.6. The van der Waals surface area contributed by atoms with Crippen molar-refractivity contribution < 1.29 is 4.79 Å². The van der Waals surface area contributed by atoms with Gasteiger partial charge in [-0.2, -0.15) is 0 Å². The van der Waals surface area contributed by atoms with Crippen LogP contribution < -0.4 is 5.32 Å². The summed E-state index contributed by atoms with van der Waals surface area (Å²) in [5.41, 5.74) is 5.51. The Kier molecular flexibility index (Phi) is 7.06. The van der Waals surface area contributed by atoms with Crippen molar-refractivity contribution in [2.45, 2.75) is 25.9 Å². The summed E-state index contributed by atoms with van der Waals surface area (Å²) >= 11 is 7.89. The van der Waals surface area contributed by atoms with Crippen LogP contribution in [-0.4, -0.2) is 28.0 Å². The van der Waals surface area contributed by atoms with E-state index >= 15 is 0 Å². The van der Waals surface area contributed by atoms with E-state index in [0.29, 0.717) is 29.7 Å². The molecule has 2 aromatic heterocycles. The molecule has 1 aromatic carbocycles. The Morgan fingerprint density at radius 1 is 1.33 bits per heavy atom. The first-order chi connectivity index (χ1) is 16.0. The van der Waals surface area contributed by atoms with E-state index < -0.39 is 0 Å². The van der Waals surface area contributed by atoms with Crippen molar-refractivity contribution in [3.8, 4) is 0 Å². The number of hydrogen-bond acceptors (Lipinski definition) is 5. The van der Waals surface area contributed by atoms with Crippen LogP contribution in [0.15, 0.2) is 73.7 Å². The fourth-order valence-electron chi connectivity index (χ4n) is 4.15.